The predicted molar refractivity (Wildman–Crippen MR) is 60.2 cm³/mol. The third-order valence-electron chi connectivity index (χ3n) is 3.09. The predicted octanol–water partition coefficient (Wildman–Crippen LogP) is 3.19. The van der Waals surface area contributed by atoms with Crippen molar-refractivity contribution >= 4 is 22.6 Å². The zero-order valence-electron chi connectivity index (χ0n) is 8.55. The zero-order valence-corrected chi connectivity index (χ0v) is 9.30. The molecule has 0 aromatic carbocycles. The van der Waals surface area contributed by atoms with E-state index in [1.165, 1.54) is 25.0 Å². The Morgan fingerprint density at radius 3 is 2.87 bits per heavy atom. The van der Waals surface area contributed by atoms with Gasteiger partial charge >= 0.3 is 0 Å². The Morgan fingerprint density at radius 2 is 2.20 bits per heavy atom. The van der Waals surface area contributed by atoms with Gasteiger partial charge in [0, 0.05) is 11.3 Å². The summed E-state index contributed by atoms with van der Waals surface area (Å²) in [4.78, 5) is 12.0. The zero-order chi connectivity index (χ0) is 10.4. The molecule has 2 aromatic heterocycles. The second kappa shape index (κ2) is 3.20. The molecule has 1 aliphatic rings. The SMILES string of the molecule is Cc1nc(C2CCC2)c2cc(Cl)[nH]c2n1. The van der Waals surface area contributed by atoms with Crippen LogP contribution in [0.4, 0.5) is 0 Å². The molecule has 78 valence electrons. The summed E-state index contributed by atoms with van der Waals surface area (Å²) in [6.07, 6.45) is 3.80. The third kappa shape index (κ3) is 1.42. The molecule has 2 aromatic rings. The minimum absolute atomic E-state index is 0.612. The molecule has 0 bridgehead atoms. The van der Waals surface area contributed by atoms with E-state index in [2.05, 4.69) is 15.0 Å². The topological polar surface area (TPSA) is 41.6 Å². The minimum Gasteiger partial charge on any atom is -0.330 e. The van der Waals surface area contributed by atoms with Crippen molar-refractivity contribution in [2.75, 3.05) is 0 Å². The highest BCUT2D eigenvalue weighted by Crippen LogP contribution is 2.38. The molecular weight excluding hydrogens is 210 g/mol. The van der Waals surface area contributed by atoms with E-state index in [-0.39, 0.29) is 0 Å². The molecule has 0 radical (unpaired) electrons. The second-order valence-electron chi connectivity index (χ2n) is 4.16. The molecule has 0 atom stereocenters. The van der Waals surface area contributed by atoms with Crippen molar-refractivity contribution in [3.8, 4) is 0 Å². The monoisotopic (exact) mass is 221 g/mol. The molecule has 3 rings (SSSR count). The summed E-state index contributed by atoms with van der Waals surface area (Å²) in [5, 5.41) is 1.74. The van der Waals surface area contributed by atoms with Gasteiger partial charge in [0.25, 0.3) is 0 Å². The molecule has 0 spiro atoms. The lowest BCUT2D eigenvalue weighted by Crippen LogP contribution is -2.12. The summed E-state index contributed by atoms with van der Waals surface area (Å²) in [5.74, 6) is 1.43. The Bertz CT molecular complexity index is 514. The molecule has 4 heteroatoms. The first-order chi connectivity index (χ1) is 7.24. The standard InChI is InChI=1S/C11H12ClN3/c1-6-13-10(7-3-2-4-7)8-5-9(12)15-11(8)14-6/h5,7H,2-4H2,1H3,(H,13,14,15). The Kier molecular flexibility index (Phi) is 1.96. The van der Waals surface area contributed by atoms with Crippen LogP contribution in [0.2, 0.25) is 5.15 Å². The molecule has 1 N–H and O–H groups in total. The lowest BCUT2D eigenvalue weighted by Gasteiger charge is -2.25. The van der Waals surface area contributed by atoms with Crippen LogP contribution in [0.5, 0.6) is 0 Å². The number of hydrogen-bond acceptors (Lipinski definition) is 2. The van der Waals surface area contributed by atoms with Crippen molar-refractivity contribution in [3.63, 3.8) is 0 Å². The highest BCUT2D eigenvalue weighted by molar-refractivity contribution is 6.30. The molecule has 1 aliphatic carbocycles. The molecule has 1 fully saturated rings. The summed E-state index contributed by atoms with van der Waals surface area (Å²) >= 11 is 5.95. The first kappa shape index (κ1) is 9.16. The maximum absolute atomic E-state index is 5.95. The number of H-pyrrole nitrogens is 1. The van der Waals surface area contributed by atoms with E-state index in [1.54, 1.807) is 0 Å². The number of fused-ring (bicyclic) bond motifs is 1. The van der Waals surface area contributed by atoms with Crippen molar-refractivity contribution in [1.29, 1.82) is 0 Å². The Morgan fingerprint density at radius 1 is 1.40 bits per heavy atom. The van der Waals surface area contributed by atoms with Gasteiger partial charge in [0.1, 0.15) is 16.6 Å². The van der Waals surface area contributed by atoms with Gasteiger partial charge < -0.3 is 4.98 Å². The highest BCUT2D eigenvalue weighted by Gasteiger charge is 2.24. The molecule has 1 saturated carbocycles. The van der Waals surface area contributed by atoms with Gasteiger partial charge in [-0.3, -0.25) is 0 Å². The molecule has 15 heavy (non-hydrogen) atoms. The number of aromatic amines is 1. The number of rotatable bonds is 1. The maximum Gasteiger partial charge on any atom is 0.142 e. The second-order valence-corrected chi connectivity index (χ2v) is 4.57. The van der Waals surface area contributed by atoms with Crippen LogP contribution in [0.25, 0.3) is 11.0 Å². The molecule has 3 nitrogen and oxygen atoms in total. The van der Waals surface area contributed by atoms with Gasteiger partial charge in [0.2, 0.25) is 0 Å². The van der Waals surface area contributed by atoms with Gasteiger partial charge in [-0.2, -0.15) is 0 Å². The van der Waals surface area contributed by atoms with Crippen molar-refractivity contribution in [2.24, 2.45) is 0 Å². The Labute approximate surface area is 92.9 Å². The van der Waals surface area contributed by atoms with Crippen molar-refractivity contribution in [2.45, 2.75) is 32.1 Å². The smallest absolute Gasteiger partial charge is 0.142 e. The van der Waals surface area contributed by atoms with Crippen LogP contribution >= 0.6 is 11.6 Å². The highest BCUT2D eigenvalue weighted by atomic mass is 35.5. The summed E-state index contributed by atoms with van der Waals surface area (Å²) in [7, 11) is 0. The van der Waals surface area contributed by atoms with Crippen molar-refractivity contribution < 1.29 is 0 Å². The van der Waals surface area contributed by atoms with Gasteiger partial charge in [-0.25, -0.2) is 9.97 Å². The van der Waals surface area contributed by atoms with Crippen LogP contribution in [-0.2, 0) is 0 Å². The lowest BCUT2D eigenvalue weighted by atomic mass is 9.82. The normalized spacial score (nSPS) is 16.9. The fourth-order valence-corrected chi connectivity index (χ4v) is 2.31. The minimum atomic E-state index is 0.612. The summed E-state index contributed by atoms with van der Waals surface area (Å²) in [5.41, 5.74) is 2.04. The lowest BCUT2D eigenvalue weighted by molar-refractivity contribution is 0.413. The van der Waals surface area contributed by atoms with Crippen molar-refractivity contribution in [1.82, 2.24) is 15.0 Å². The van der Waals surface area contributed by atoms with Gasteiger partial charge in [-0.15, -0.1) is 0 Å². The van der Waals surface area contributed by atoms with Crippen LogP contribution in [0.1, 0.15) is 36.7 Å². The summed E-state index contributed by atoms with van der Waals surface area (Å²) in [6.45, 7) is 1.93. The molecular formula is C11H12ClN3. The summed E-state index contributed by atoms with van der Waals surface area (Å²) < 4.78 is 0. The van der Waals surface area contributed by atoms with Crippen LogP contribution in [0.3, 0.4) is 0 Å². The van der Waals surface area contributed by atoms with E-state index in [9.17, 15) is 0 Å². The van der Waals surface area contributed by atoms with Gasteiger partial charge in [-0.1, -0.05) is 18.0 Å². The molecule has 0 saturated heterocycles. The number of nitrogens with one attached hydrogen (secondary N) is 1. The van der Waals surface area contributed by atoms with Crippen LogP contribution in [0, 0.1) is 6.92 Å². The van der Waals surface area contributed by atoms with E-state index >= 15 is 0 Å². The molecule has 2 heterocycles. The third-order valence-corrected chi connectivity index (χ3v) is 3.29. The Hall–Kier alpha value is -1.09. The Balaban J connectivity index is 2.24. The average Bonchev–Trinajstić information content (AvgIpc) is 2.41. The van der Waals surface area contributed by atoms with E-state index < -0.39 is 0 Å². The van der Waals surface area contributed by atoms with Gasteiger partial charge in [0.15, 0.2) is 0 Å². The number of nitrogens with zero attached hydrogens (tertiary/aromatic N) is 2. The number of hydrogen-bond donors (Lipinski definition) is 1. The van der Waals surface area contributed by atoms with E-state index in [0.717, 1.165) is 16.9 Å². The first-order valence-electron chi connectivity index (χ1n) is 5.27. The maximum atomic E-state index is 5.95. The van der Waals surface area contributed by atoms with E-state index in [0.29, 0.717) is 11.1 Å². The van der Waals surface area contributed by atoms with Crippen molar-refractivity contribution in [3.05, 3.63) is 22.7 Å². The molecule has 0 unspecified atom stereocenters. The van der Waals surface area contributed by atoms with Gasteiger partial charge in [-0.05, 0) is 25.8 Å². The average molecular weight is 222 g/mol. The fraction of sp³-hybridized carbons (Fsp3) is 0.455. The number of aryl methyl sites for hydroxylation is 1. The fourth-order valence-electron chi connectivity index (χ4n) is 2.11. The number of halogens is 1. The van der Waals surface area contributed by atoms with Crippen LogP contribution < -0.4 is 0 Å². The van der Waals surface area contributed by atoms with E-state index in [4.69, 9.17) is 11.6 Å². The van der Waals surface area contributed by atoms with Gasteiger partial charge in [0.05, 0.1) is 5.69 Å². The molecule has 0 aliphatic heterocycles. The van der Waals surface area contributed by atoms with Crippen LogP contribution in [0.15, 0.2) is 6.07 Å². The van der Waals surface area contributed by atoms with E-state index in [1.807, 2.05) is 13.0 Å². The number of aromatic nitrogens is 3. The first-order valence-corrected chi connectivity index (χ1v) is 5.64. The largest absolute Gasteiger partial charge is 0.330 e. The van der Waals surface area contributed by atoms with Crippen LogP contribution in [-0.4, -0.2) is 15.0 Å². The quantitative estimate of drug-likeness (QED) is 0.804. The summed E-state index contributed by atoms with van der Waals surface area (Å²) in [6, 6.07) is 1.93. The molecule has 0 amide bonds.